The molecule has 0 saturated heterocycles. The van der Waals surface area contributed by atoms with Gasteiger partial charge in [0, 0.05) is 18.2 Å². The molecule has 0 aliphatic carbocycles. The van der Waals surface area contributed by atoms with Crippen LogP contribution in [0.5, 0.6) is 0 Å². The highest BCUT2D eigenvalue weighted by atomic mass is 16.5. The normalized spacial score (nSPS) is 10.8. The number of H-pyrrole nitrogens is 1. The van der Waals surface area contributed by atoms with Gasteiger partial charge >= 0.3 is 5.97 Å². The van der Waals surface area contributed by atoms with Gasteiger partial charge in [-0.1, -0.05) is 77.6 Å². The van der Waals surface area contributed by atoms with E-state index in [0.29, 0.717) is 24.3 Å². The molecule has 0 aliphatic rings. The van der Waals surface area contributed by atoms with E-state index in [0.717, 1.165) is 12.8 Å². The second kappa shape index (κ2) is 14.6. The fraction of sp³-hybridized carbons (Fsp3) is 0.727. The summed E-state index contributed by atoms with van der Waals surface area (Å²) in [6.45, 7) is 4.35. The largest absolute Gasteiger partial charge is 0.461 e. The average molecular weight is 364 g/mol. The van der Waals surface area contributed by atoms with Gasteiger partial charge in [-0.25, -0.2) is 4.79 Å². The van der Waals surface area contributed by atoms with Gasteiger partial charge in [0.05, 0.1) is 6.61 Å². The van der Waals surface area contributed by atoms with Crippen molar-refractivity contribution in [3.05, 3.63) is 23.5 Å². The van der Waals surface area contributed by atoms with Gasteiger partial charge in [-0.15, -0.1) is 0 Å². The number of rotatable bonds is 16. The lowest BCUT2D eigenvalue weighted by Gasteiger charge is -2.02. The highest BCUT2D eigenvalue weighted by Crippen LogP contribution is 2.14. The number of ether oxygens (including phenoxy) is 1. The molecule has 0 aliphatic heterocycles. The maximum atomic E-state index is 12.1. The fourth-order valence-electron chi connectivity index (χ4n) is 3.15. The summed E-state index contributed by atoms with van der Waals surface area (Å²) >= 11 is 0. The molecule has 0 amide bonds. The zero-order chi connectivity index (χ0) is 19.0. The van der Waals surface area contributed by atoms with Crippen LogP contribution >= 0.6 is 0 Å². The van der Waals surface area contributed by atoms with Gasteiger partial charge in [0.25, 0.3) is 0 Å². The summed E-state index contributed by atoms with van der Waals surface area (Å²) in [7, 11) is 0. The van der Waals surface area contributed by atoms with E-state index in [9.17, 15) is 9.59 Å². The van der Waals surface area contributed by atoms with Crippen molar-refractivity contribution in [2.75, 3.05) is 6.61 Å². The number of carbonyl (C=O) groups excluding carboxylic acids is 2. The summed E-state index contributed by atoms with van der Waals surface area (Å²) in [6, 6.07) is 1.60. The van der Waals surface area contributed by atoms with Gasteiger partial charge in [-0.3, -0.25) is 4.79 Å². The first kappa shape index (κ1) is 22.5. The Morgan fingerprint density at radius 1 is 0.846 bits per heavy atom. The number of carbonyl (C=O) groups is 2. The fourth-order valence-corrected chi connectivity index (χ4v) is 3.15. The maximum absolute atomic E-state index is 12.1. The van der Waals surface area contributed by atoms with E-state index in [1.165, 1.54) is 64.2 Å². The topological polar surface area (TPSA) is 59.2 Å². The molecule has 4 nitrogen and oxygen atoms in total. The van der Waals surface area contributed by atoms with Crippen molar-refractivity contribution in [3.8, 4) is 0 Å². The summed E-state index contributed by atoms with van der Waals surface area (Å²) in [5.41, 5.74) is 0.932. The van der Waals surface area contributed by atoms with Crippen LogP contribution in [0.25, 0.3) is 0 Å². The number of nitrogens with one attached hydrogen (secondary N) is 1. The Bertz CT molecular complexity index is 507. The number of ketones is 1. The first-order valence-corrected chi connectivity index (χ1v) is 10.6. The van der Waals surface area contributed by atoms with Gasteiger partial charge in [0.15, 0.2) is 5.78 Å². The highest BCUT2D eigenvalue weighted by Gasteiger charge is 2.13. The predicted molar refractivity (Wildman–Crippen MR) is 107 cm³/mol. The molecule has 0 radical (unpaired) electrons. The van der Waals surface area contributed by atoms with E-state index in [4.69, 9.17) is 4.74 Å². The van der Waals surface area contributed by atoms with E-state index in [1.807, 2.05) is 0 Å². The Kier molecular flexibility index (Phi) is 12.6. The van der Waals surface area contributed by atoms with Gasteiger partial charge < -0.3 is 9.72 Å². The van der Waals surface area contributed by atoms with Crippen molar-refractivity contribution in [1.29, 1.82) is 0 Å². The van der Waals surface area contributed by atoms with Crippen LogP contribution in [0.1, 0.15) is 118 Å². The van der Waals surface area contributed by atoms with Crippen molar-refractivity contribution in [1.82, 2.24) is 4.98 Å². The lowest BCUT2D eigenvalue weighted by atomic mass is 10.0. The van der Waals surface area contributed by atoms with Crippen molar-refractivity contribution in [2.45, 2.75) is 97.3 Å². The molecular formula is C22H37NO3. The molecule has 4 heteroatoms. The minimum atomic E-state index is -0.406. The van der Waals surface area contributed by atoms with Crippen molar-refractivity contribution in [2.24, 2.45) is 0 Å². The summed E-state index contributed by atoms with van der Waals surface area (Å²) in [4.78, 5) is 26.6. The van der Waals surface area contributed by atoms with Crippen LogP contribution in [-0.4, -0.2) is 23.3 Å². The summed E-state index contributed by atoms with van der Waals surface area (Å²) < 4.78 is 4.92. The van der Waals surface area contributed by atoms with Crippen LogP contribution in [0.2, 0.25) is 0 Å². The van der Waals surface area contributed by atoms with Gasteiger partial charge in [-0.2, -0.15) is 0 Å². The molecule has 1 N–H and O–H groups in total. The predicted octanol–water partition coefficient (Wildman–Crippen LogP) is 6.47. The molecule has 1 heterocycles. The lowest BCUT2D eigenvalue weighted by Crippen LogP contribution is -2.04. The molecule has 1 aromatic heterocycles. The summed E-state index contributed by atoms with van der Waals surface area (Å²) in [5, 5.41) is 0. The Hall–Kier alpha value is -1.58. The van der Waals surface area contributed by atoms with Crippen LogP contribution in [-0.2, 0) is 4.74 Å². The SMILES string of the molecule is CCCCCCCCCCCCCCC(=O)c1c[nH]c(C(=O)OCC)c1. The number of hydrogen-bond donors (Lipinski definition) is 1. The van der Waals surface area contributed by atoms with E-state index in [2.05, 4.69) is 11.9 Å². The Labute approximate surface area is 159 Å². The molecule has 0 bridgehead atoms. The Morgan fingerprint density at radius 3 is 1.92 bits per heavy atom. The second-order valence-electron chi connectivity index (χ2n) is 7.08. The first-order chi connectivity index (χ1) is 12.7. The minimum absolute atomic E-state index is 0.101. The molecule has 0 aromatic carbocycles. The van der Waals surface area contributed by atoms with Crippen molar-refractivity contribution in [3.63, 3.8) is 0 Å². The third-order valence-electron chi connectivity index (χ3n) is 4.76. The molecule has 26 heavy (non-hydrogen) atoms. The van der Waals surface area contributed by atoms with Gasteiger partial charge in [-0.05, 0) is 19.4 Å². The monoisotopic (exact) mass is 363 g/mol. The van der Waals surface area contributed by atoms with Crippen LogP contribution in [0.4, 0.5) is 0 Å². The third-order valence-corrected chi connectivity index (χ3v) is 4.76. The Balaban J connectivity index is 2.01. The first-order valence-electron chi connectivity index (χ1n) is 10.6. The third kappa shape index (κ3) is 9.79. The lowest BCUT2D eigenvalue weighted by molar-refractivity contribution is 0.0520. The smallest absolute Gasteiger partial charge is 0.354 e. The molecule has 0 saturated carbocycles. The summed E-state index contributed by atoms with van der Waals surface area (Å²) in [6.07, 6.45) is 17.6. The average Bonchev–Trinajstić information content (AvgIpc) is 3.13. The quantitative estimate of drug-likeness (QED) is 0.208. The molecular weight excluding hydrogens is 326 g/mol. The number of aromatic nitrogens is 1. The van der Waals surface area contributed by atoms with Crippen LogP contribution < -0.4 is 0 Å². The molecule has 1 rings (SSSR count). The standard InChI is InChI=1S/C22H37NO3/c1-3-5-6-7-8-9-10-11-12-13-14-15-16-21(24)19-17-20(23-18-19)22(25)26-4-2/h17-18,23H,3-16H2,1-2H3. The number of hydrogen-bond acceptors (Lipinski definition) is 3. The van der Waals surface area contributed by atoms with E-state index >= 15 is 0 Å². The van der Waals surface area contributed by atoms with Crippen LogP contribution in [0, 0.1) is 0 Å². The van der Waals surface area contributed by atoms with Crippen molar-refractivity contribution >= 4 is 11.8 Å². The number of Topliss-reactive ketones (excluding diaryl/α,β-unsaturated/α-hetero) is 1. The highest BCUT2D eigenvalue weighted by molar-refractivity contribution is 5.98. The number of aromatic amines is 1. The molecule has 148 valence electrons. The van der Waals surface area contributed by atoms with Gasteiger partial charge in [0.1, 0.15) is 5.69 Å². The zero-order valence-corrected chi connectivity index (χ0v) is 16.8. The zero-order valence-electron chi connectivity index (χ0n) is 16.8. The molecule has 0 atom stereocenters. The second-order valence-corrected chi connectivity index (χ2v) is 7.08. The van der Waals surface area contributed by atoms with Crippen molar-refractivity contribution < 1.29 is 14.3 Å². The van der Waals surface area contributed by atoms with E-state index < -0.39 is 5.97 Å². The van der Waals surface area contributed by atoms with Crippen LogP contribution in [0.15, 0.2) is 12.3 Å². The van der Waals surface area contributed by atoms with E-state index in [1.54, 1.807) is 19.2 Å². The molecule has 1 aromatic rings. The number of unbranched alkanes of at least 4 members (excludes halogenated alkanes) is 11. The number of esters is 1. The van der Waals surface area contributed by atoms with Crippen LogP contribution in [0.3, 0.4) is 0 Å². The Morgan fingerprint density at radius 2 is 1.38 bits per heavy atom. The van der Waals surface area contributed by atoms with Gasteiger partial charge in [0.2, 0.25) is 0 Å². The minimum Gasteiger partial charge on any atom is -0.461 e. The summed E-state index contributed by atoms with van der Waals surface area (Å²) in [5.74, 6) is -0.305. The molecule has 0 unspecified atom stereocenters. The maximum Gasteiger partial charge on any atom is 0.354 e. The van der Waals surface area contributed by atoms with E-state index in [-0.39, 0.29) is 5.78 Å². The molecule has 0 fully saturated rings. The molecule has 0 spiro atoms.